The van der Waals surface area contributed by atoms with Gasteiger partial charge in [0.15, 0.2) is 0 Å². The molecule has 2 heterocycles. The summed E-state index contributed by atoms with van der Waals surface area (Å²) in [7, 11) is 3.58. The third-order valence-corrected chi connectivity index (χ3v) is 3.67. The first-order valence-corrected chi connectivity index (χ1v) is 7.55. The zero-order valence-electron chi connectivity index (χ0n) is 14.0. The second kappa shape index (κ2) is 8.41. The number of nitrogens with one attached hydrogen (secondary N) is 2. The molecule has 2 N–H and O–H groups in total. The van der Waals surface area contributed by atoms with Crippen LogP contribution in [0.2, 0.25) is 0 Å². The van der Waals surface area contributed by atoms with Crippen LogP contribution in [0.3, 0.4) is 0 Å². The van der Waals surface area contributed by atoms with Crippen LogP contribution in [0.25, 0.3) is 5.69 Å². The minimum Gasteiger partial charge on any atom is -0.350 e. The van der Waals surface area contributed by atoms with Crippen molar-refractivity contribution in [3.8, 4) is 5.69 Å². The van der Waals surface area contributed by atoms with Crippen LogP contribution in [0.4, 0.5) is 0 Å². The molecule has 132 valence electrons. The zero-order chi connectivity index (χ0) is 16.9. The quantitative estimate of drug-likeness (QED) is 0.683. The maximum atomic E-state index is 12.4. The number of carbonyl (C=O) groups excluding carboxylic acids is 1. The number of likely N-dealkylation sites (N-methyl/N-ethyl adjacent to an activating group) is 1. The third kappa shape index (κ3) is 4.43. The topological polar surface area (TPSA) is 89.7 Å². The van der Waals surface area contributed by atoms with Gasteiger partial charge in [0.05, 0.1) is 11.9 Å². The van der Waals surface area contributed by atoms with Crippen molar-refractivity contribution in [2.45, 2.75) is 12.6 Å². The molecule has 0 saturated carbocycles. The second-order valence-electron chi connectivity index (χ2n) is 5.40. The van der Waals surface area contributed by atoms with E-state index in [2.05, 4.69) is 25.8 Å². The molecule has 2 aromatic heterocycles. The first kappa shape index (κ1) is 18.6. The Hall–Kier alpha value is -2.71. The molecule has 0 spiro atoms. The van der Waals surface area contributed by atoms with Crippen molar-refractivity contribution in [3.05, 3.63) is 60.4 Å². The highest BCUT2D eigenvalue weighted by Gasteiger charge is 2.19. The molecular weight excluding hydrogens is 342 g/mol. The van der Waals surface area contributed by atoms with Crippen LogP contribution in [0.1, 0.15) is 17.2 Å². The summed E-state index contributed by atoms with van der Waals surface area (Å²) in [6.45, 7) is 0.430. The minimum atomic E-state index is -0.433. The van der Waals surface area contributed by atoms with E-state index in [9.17, 15) is 4.79 Å². The molecule has 0 aliphatic carbocycles. The molecule has 25 heavy (non-hydrogen) atoms. The van der Waals surface area contributed by atoms with Crippen molar-refractivity contribution in [1.29, 1.82) is 0 Å². The molecule has 0 radical (unpaired) electrons. The van der Waals surface area contributed by atoms with E-state index in [0.717, 1.165) is 16.8 Å². The molecule has 1 atom stereocenters. The van der Waals surface area contributed by atoms with E-state index in [1.165, 1.54) is 6.33 Å². The molecule has 0 aliphatic heterocycles. The van der Waals surface area contributed by atoms with E-state index in [1.807, 2.05) is 37.5 Å². The first-order valence-electron chi connectivity index (χ1n) is 7.55. The van der Waals surface area contributed by atoms with Gasteiger partial charge in [0, 0.05) is 25.4 Å². The summed E-state index contributed by atoms with van der Waals surface area (Å²) in [6, 6.07) is 7.35. The van der Waals surface area contributed by atoms with E-state index in [1.54, 1.807) is 28.9 Å². The monoisotopic (exact) mass is 361 g/mol. The van der Waals surface area contributed by atoms with Crippen LogP contribution in [0, 0.1) is 0 Å². The molecule has 1 amide bonds. The number of hydrogen-bond acceptors (Lipinski definition) is 5. The fourth-order valence-corrected chi connectivity index (χ4v) is 2.48. The Morgan fingerprint density at radius 2 is 2.16 bits per heavy atom. The lowest BCUT2D eigenvalue weighted by atomic mass is 10.1. The van der Waals surface area contributed by atoms with Gasteiger partial charge >= 0.3 is 0 Å². The van der Waals surface area contributed by atoms with Gasteiger partial charge in [0.2, 0.25) is 5.91 Å². The van der Waals surface area contributed by atoms with E-state index in [-0.39, 0.29) is 18.3 Å². The molecule has 1 aromatic carbocycles. The number of aromatic nitrogens is 5. The van der Waals surface area contributed by atoms with Gasteiger partial charge in [-0.25, -0.2) is 9.67 Å². The maximum Gasteiger partial charge on any atom is 0.242 e. The molecule has 0 fully saturated rings. The number of halogens is 1. The maximum absolute atomic E-state index is 12.4. The Labute approximate surface area is 151 Å². The normalized spacial score (nSPS) is 11.6. The van der Waals surface area contributed by atoms with Gasteiger partial charge in [-0.1, -0.05) is 12.1 Å². The summed E-state index contributed by atoms with van der Waals surface area (Å²) in [5.74, 6) is -0.100. The van der Waals surface area contributed by atoms with Crippen molar-refractivity contribution in [2.24, 2.45) is 7.05 Å². The van der Waals surface area contributed by atoms with Gasteiger partial charge in [0.1, 0.15) is 18.7 Å². The molecule has 8 nitrogen and oxygen atoms in total. The predicted octanol–water partition coefficient (Wildman–Crippen LogP) is 0.999. The van der Waals surface area contributed by atoms with E-state index in [4.69, 9.17) is 0 Å². The number of benzene rings is 1. The Morgan fingerprint density at radius 1 is 1.32 bits per heavy atom. The van der Waals surface area contributed by atoms with Crippen LogP contribution < -0.4 is 10.6 Å². The van der Waals surface area contributed by atoms with Crippen LogP contribution >= 0.6 is 12.4 Å². The molecule has 0 bridgehead atoms. The van der Waals surface area contributed by atoms with Gasteiger partial charge in [-0.2, -0.15) is 10.2 Å². The molecule has 0 aliphatic rings. The lowest BCUT2D eigenvalue weighted by Crippen LogP contribution is -2.35. The number of nitrogens with zero attached hydrogens (tertiary/aromatic N) is 5. The Kier molecular flexibility index (Phi) is 6.26. The van der Waals surface area contributed by atoms with Gasteiger partial charge in [-0.15, -0.1) is 12.4 Å². The van der Waals surface area contributed by atoms with Crippen molar-refractivity contribution < 1.29 is 4.79 Å². The summed E-state index contributed by atoms with van der Waals surface area (Å²) in [4.78, 5) is 16.4. The van der Waals surface area contributed by atoms with Crippen molar-refractivity contribution in [3.63, 3.8) is 0 Å². The SMILES string of the molecule is CNC(C(=O)NCc1cccc(-n2cncn2)c1)c1cnn(C)c1.Cl. The summed E-state index contributed by atoms with van der Waals surface area (Å²) in [6.07, 6.45) is 6.63. The van der Waals surface area contributed by atoms with Gasteiger partial charge < -0.3 is 10.6 Å². The number of hydrogen-bond donors (Lipinski definition) is 2. The van der Waals surface area contributed by atoms with Crippen molar-refractivity contribution in [1.82, 2.24) is 35.2 Å². The number of aryl methyl sites for hydroxylation is 1. The van der Waals surface area contributed by atoms with E-state index in [0.29, 0.717) is 6.54 Å². The van der Waals surface area contributed by atoms with Crippen molar-refractivity contribution in [2.75, 3.05) is 7.05 Å². The van der Waals surface area contributed by atoms with E-state index < -0.39 is 6.04 Å². The average molecular weight is 362 g/mol. The standard InChI is InChI=1S/C16H19N7O.ClH/c1-17-15(13-8-20-22(2)9-13)16(24)19-7-12-4-3-5-14(6-12)23-11-18-10-21-23;/h3-6,8-11,15,17H,7H2,1-2H3,(H,19,24);1H. The summed E-state index contributed by atoms with van der Waals surface area (Å²) in [5.41, 5.74) is 2.71. The molecule has 3 aromatic rings. The number of rotatable bonds is 6. The van der Waals surface area contributed by atoms with Crippen LogP contribution in [-0.4, -0.2) is 37.5 Å². The summed E-state index contributed by atoms with van der Waals surface area (Å²) in [5, 5.41) is 14.2. The Balaban J connectivity index is 0.00000225. The van der Waals surface area contributed by atoms with Crippen LogP contribution in [-0.2, 0) is 18.4 Å². The first-order chi connectivity index (χ1) is 11.7. The third-order valence-electron chi connectivity index (χ3n) is 3.67. The average Bonchev–Trinajstić information content (AvgIpc) is 3.26. The van der Waals surface area contributed by atoms with Crippen molar-refractivity contribution >= 4 is 18.3 Å². The smallest absolute Gasteiger partial charge is 0.242 e. The second-order valence-corrected chi connectivity index (χ2v) is 5.40. The fourth-order valence-electron chi connectivity index (χ4n) is 2.48. The van der Waals surface area contributed by atoms with Crippen LogP contribution in [0.15, 0.2) is 49.3 Å². The van der Waals surface area contributed by atoms with Crippen LogP contribution in [0.5, 0.6) is 0 Å². The number of amides is 1. The lowest BCUT2D eigenvalue weighted by molar-refractivity contribution is -0.123. The molecule has 3 rings (SSSR count). The molecule has 0 saturated heterocycles. The molecular formula is C16H20ClN7O. The largest absolute Gasteiger partial charge is 0.350 e. The molecule has 9 heteroatoms. The van der Waals surface area contributed by atoms with E-state index >= 15 is 0 Å². The predicted molar refractivity (Wildman–Crippen MR) is 95.5 cm³/mol. The lowest BCUT2D eigenvalue weighted by Gasteiger charge is -2.15. The molecule has 1 unspecified atom stereocenters. The minimum absolute atomic E-state index is 0. The fraction of sp³-hybridized carbons (Fsp3) is 0.250. The highest BCUT2D eigenvalue weighted by Crippen LogP contribution is 2.12. The van der Waals surface area contributed by atoms with Gasteiger partial charge in [-0.3, -0.25) is 9.48 Å². The summed E-state index contributed by atoms with van der Waals surface area (Å²) >= 11 is 0. The zero-order valence-corrected chi connectivity index (χ0v) is 14.8. The summed E-state index contributed by atoms with van der Waals surface area (Å²) < 4.78 is 3.35. The number of carbonyl (C=O) groups is 1. The van der Waals surface area contributed by atoms with Gasteiger partial charge in [0.25, 0.3) is 0 Å². The highest BCUT2D eigenvalue weighted by molar-refractivity contribution is 5.85. The van der Waals surface area contributed by atoms with Gasteiger partial charge in [-0.05, 0) is 24.7 Å². The Bertz CT molecular complexity index is 816. The highest BCUT2D eigenvalue weighted by atomic mass is 35.5. The Morgan fingerprint density at radius 3 is 2.80 bits per heavy atom.